The van der Waals surface area contributed by atoms with E-state index in [2.05, 4.69) is 20.6 Å². The van der Waals surface area contributed by atoms with Gasteiger partial charge >= 0.3 is 12.2 Å². The summed E-state index contributed by atoms with van der Waals surface area (Å²) in [5, 5.41) is 5.02. The molecule has 2 aromatic carbocycles. The Labute approximate surface area is 283 Å². The van der Waals surface area contributed by atoms with Crippen LogP contribution in [0.25, 0.3) is 11.0 Å². The monoisotopic (exact) mass is 678 g/mol. The van der Waals surface area contributed by atoms with Crippen molar-refractivity contribution < 1.29 is 37.8 Å². The van der Waals surface area contributed by atoms with Crippen molar-refractivity contribution in [1.29, 1.82) is 0 Å². The van der Waals surface area contributed by atoms with Gasteiger partial charge in [0.1, 0.15) is 28.9 Å². The maximum absolute atomic E-state index is 15.0. The van der Waals surface area contributed by atoms with E-state index in [1.165, 1.54) is 17.0 Å². The van der Waals surface area contributed by atoms with Gasteiger partial charge in [0.05, 0.1) is 29.3 Å². The number of carbonyl (C=O) groups excluding carboxylic acids is 5. The minimum absolute atomic E-state index is 0.0423. The molecule has 3 N–H and O–H groups in total. The molecule has 0 unspecified atom stereocenters. The number of hydrogen-bond donors (Lipinski definition) is 3. The number of imidazole rings is 1. The minimum atomic E-state index is -0.845. The highest BCUT2D eigenvalue weighted by Gasteiger charge is 2.37. The molecular formula is C35H43FN6O7. The van der Waals surface area contributed by atoms with Gasteiger partial charge in [0.15, 0.2) is 5.78 Å². The Morgan fingerprint density at radius 2 is 1.51 bits per heavy atom. The van der Waals surface area contributed by atoms with Crippen LogP contribution in [0.3, 0.4) is 0 Å². The lowest BCUT2D eigenvalue weighted by molar-refractivity contribution is -0.120. The number of ketones is 1. The van der Waals surface area contributed by atoms with E-state index in [9.17, 15) is 28.4 Å². The topological polar surface area (TPSA) is 163 Å². The van der Waals surface area contributed by atoms with Crippen LogP contribution < -0.4 is 10.6 Å². The third-order valence-electron chi connectivity index (χ3n) is 8.10. The van der Waals surface area contributed by atoms with Crippen LogP contribution >= 0.6 is 0 Å². The molecule has 5 rings (SSSR count). The Kier molecular flexibility index (Phi) is 9.97. The van der Waals surface area contributed by atoms with Gasteiger partial charge < -0.3 is 25.1 Å². The molecule has 0 spiro atoms. The van der Waals surface area contributed by atoms with Crippen LogP contribution in [0.15, 0.2) is 36.4 Å². The summed E-state index contributed by atoms with van der Waals surface area (Å²) in [6.45, 7) is 11.2. The second-order valence-corrected chi connectivity index (χ2v) is 14.3. The van der Waals surface area contributed by atoms with Gasteiger partial charge in [-0.2, -0.15) is 0 Å². The number of likely N-dealkylation sites (tertiary alicyclic amines) is 2. The summed E-state index contributed by atoms with van der Waals surface area (Å²) in [6, 6.07) is 7.40. The molecule has 2 saturated heterocycles. The molecule has 262 valence electrons. The fourth-order valence-corrected chi connectivity index (χ4v) is 5.87. The largest absolute Gasteiger partial charge is 0.444 e. The minimum Gasteiger partial charge on any atom is -0.444 e. The first kappa shape index (κ1) is 35.3. The van der Waals surface area contributed by atoms with E-state index in [0.29, 0.717) is 48.4 Å². The van der Waals surface area contributed by atoms with Gasteiger partial charge in [-0.05, 0) is 104 Å². The van der Waals surface area contributed by atoms with Crippen LogP contribution in [0, 0.1) is 5.82 Å². The third kappa shape index (κ3) is 8.54. The van der Waals surface area contributed by atoms with E-state index in [0.717, 1.165) is 18.9 Å². The molecule has 3 aromatic rings. The number of H-pyrrole nitrogens is 1. The van der Waals surface area contributed by atoms with Gasteiger partial charge in [-0.25, -0.2) is 19.0 Å². The summed E-state index contributed by atoms with van der Waals surface area (Å²) in [5.41, 5.74) is 0.0206. The summed E-state index contributed by atoms with van der Waals surface area (Å²) in [5.74, 6) is -1.86. The molecule has 0 saturated carbocycles. The predicted molar refractivity (Wildman–Crippen MR) is 179 cm³/mol. The van der Waals surface area contributed by atoms with Crippen molar-refractivity contribution in [2.45, 2.75) is 90.5 Å². The quantitative estimate of drug-likeness (QED) is 0.267. The molecule has 2 aliphatic heterocycles. The summed E-state index contributed by atoms with van der Waals surface area (Å²) < 4.78 is 25.9. The molecule has 1 aromatic heterocycles. The van der Waals surface area contributed by atoms with Crippen LogP contribution in [0.1, 0.15) is 99.8 Å². The maximum Gasteiger partial charge on any atom is 0.410 e. The van der Waals surface area contributed by atoms with Gasteiger partial charge in [0, 0.05) is 24.2 Å². The number of rotatable bonds is 7. The first-order valence-electron chi connectivity index (χ1n) is 16.4. The van der Waals surface area contributed by atoms with E-state index in [1.807, 2.05) is 20.8 Å². The Morgan fingerprint density at radius 3 is 2.18 bits per heavy atom. The van der Waals surface area contributed by atoms with Crippen molar-refractivity contribution in [1.82, 2.24) is 25.1 Å². The fourth-order valence-electron chi connectivity index (χ4n) is 5.87. The molecule has 49 heavy (non-hydrogen) atoms. The van der Waals surface area contributed by atoms with Gasteiger partial charge in [-0.15, -0.1) is 0 Å². The van der Waals surface area contributed by atoms with E-state index in [1.54, 1.807) is 43.9 Å². The lowest BCUT2D eigenvalue weighted by Crippen LogP contribution is -2.45. The molecule has 0 bridgehead atoms. The average Bonchev–Trinajstić information content (AvgIpc) is 3.78. The SMILES string of the molecule is CC(C)(C)OC(=O)N1CCC[C@H]1C(=O)Nc1ccc(C(=O)NCC(=O)c2ccc3nc([C@@H]4CCCN4C(=O)OC(C)(C)C)[nH]c3c2)cc1F. The first-order chi connectivity index (χ1) is 23.0. The number of hydrogen-bond acceptors (Lipinski definition) is 8. The second kappa shape index (κ2) is 13.8. The number of anilines is 1. The van der Waals surface area contributed by atoms with Crippen LogP contribution in [-0.4, -0.2) is 86.4 Å². The summed E-state index contributed by atoms with van der Waals surface area (Å²) in [7, 11) is 0. The average molecular weight is 679 g/mol. The summed E-state index contributed by atoms with van der Waals surface area (Å²) >= 11 is 0. The number of fused-ring (bicyclic) bond motifs is 1. The zero-order valence-corrected chi connectivity index (χ0v) is 28.6. The molecular weight excluding hydrogens is 635 g/mol. The van der Waals surface area contributed by atoms with Crippen molar-refractivity contribution >= 4 is 46.5 Å². The maximum atomic E-state index is 15.0. The number of carbonyl (C=O) groups is 5. The number of Topliss-reactive ketones (excluding diaryl/α,β-unsaturated/α-hetero) is 1. The van der Waals surface area contributed by atoms with Crippen molar-refractivity contribution in [2.75, 3.05) is 25.0 Å². The van der Waals surface area contributed by atoms with Gasteiger partial charge in [0.2, 0.25) is 5.91 Å². The number of amides is 4. The molecule has 4 amide bonds. The third-order valence-corrected chi connectivity index (χ3v) is 8.10. The molecule has 13 nitrogen and oxygen atoms in total. The number of nitrogens with zero attached hydrogens (tertiary/aromatic N) is 3. The van der Waals surface area contributed by atoms with E-state index >= 15 is 0 Å². The van der Waals surface area contributed by atoms with Crippen molar-refractivity contribution in [3.05, 3.63) is 59.2 Å². The number of aromatic amines is 1. The number of ether oxygens (including phenoxy) is 2. The van der Waals surface area contributed by atoms with Crippen LogP contribution in [0.5, 0.6) is 0 Å². The van der Waals surface area contributed by atoms with Crippen LogP contribution in [0.4, 0.5) is 19.7 Å². The first-order valence-corrected chi connectivity index (χ1v) is 16.4. The number of nitrogens with one attached hydrogen (secondary N) is 3. The molecule has 2 fully saturated rings. The van der Waals surface area contributed by atoms with Crippen LogP contribution in [-0.2, 0) is 14.3 Å². The Balaban J connectivity index is 1.18. The van der Waals surface area contributed by atoms with E-state index in [-0.39, 0.29) is 29.6 Å². The zero-order valence-electron chi connectivity index (χ0n) is 28.6. The summed E-state index contributed by atoms with van der Waals surface area (Å²) in [4.78, 5) is 74.9. The lowest BCUT2D eigenvalue weighted by atomic mass is 10.1. The van der Waals surface area contributed by atoms with Crippen molar-refractivity contribution in [3.8, 4) is 0 Å². The standard InChI is InChI=1S/C35H43FN6O7/c1-34(2,3)48-32(46)41-15-7-9-26(41)29-38-24-14-11-20(18-25(24)39-29)28(43)19-37-30(44)21-12-13-23(22(36)17-21)40-31(45)27-10-8-16-42(27)33(47)49-35(4,5)6/h11-14,17-18,26-27H,7-10,15-16,19H2,1-6H3,(H,37,44)(H,38,39)(H,40,45)/t26-,27-/m0/s1. The highest BCUT2D eigenvalue weighted by atomic mass is 19.1. The Bertz CT molecular complexity index is 1780. The van der Waals surface area contributed by atoms with Gasteiger partial charge in [0.25, 0.3) is 5.91 Å². The molecule has 3 heterocycles. The molecule has 0 radical (unpaired) electrons. The number of aromatic nitrogens is 2. The highest BCUT2D eigenvalue weighted by Crippen LogP contribution is 2.33. The summed E-state index contributed by atoms with van der Waals surface area (Å²) in [6.07, 6.45) is 1.51. The van der Waals surface area contributed by atoms with E-state index < -0.39 is 47.1 Å². The van der Waals surface area contributed by atoms with Crippen molar-refractivity contribution in [2.24, 2.45) is 0 Å². The van der Waals surface area contributed by atoms with E-state index in [4.69, 9.17) is 9.47 Å². The smallest absolute Gasteiger partial charge is 0.410 e. The molecule has 14 heteroatoms. The normalized spacial score (nSPS) is 18.0. The molecule has 2 atom stereocenters. The number of benzene rings is 2. The molecule has 2 aliphatic rings. The Morgan fingerprint density at radius 1 is 0.878 bits per heavy atom. The van der Waals surface area contributed by atoms with Gasteiger partial charge in [-0.3, -0.25) is 24.2 Å². The lowest BCUT2D eigenvalue weighted by Gasteiger charge is -2.28. The Hall–Kier alpha value is -5.01. The second-order valence-electron chi connectivity index (χ2n) is 14.3. The fraction of sp³-hybridized carbons (Fsp3) is 0.486. The molecule has 0 aliphatic carbocycles. The zero-order chi connectivity index (χ0) is 35.7. The van der Waals surface area contributed by atoms with Gasteiger partial charge in [-0.1, -0.05) is 0 Å². The highest BCUT2D eigenvalue weighted by molar-refractivity contribution is 6.04. The van der Waals surface area contributed by atoms with Crippen molar-refractivity contribution in [3.63, 3.8) is 0 Å². The van der Waals surface area contributed by atoms with Crippen LogP contribution in [0.2, 0.25) is 0 Å². The predicted octanol–water partition coefficient (Wildman–Crippen LogP) is 5.72. The number of halogens is 1.